The van der Waals surface area contributed by atoms with E-state index in [1.807, 2.05) is 29.2 Å². The number of para-hydroxylation sites is 1. The zero-order chi connectivity index (χ0) is 17.6. The van der Waals surface area contributed by atoms with E-state index in [2.05, 4.69) is 20.3 Å². The Morgan fingerprint density at radius 1 is 1.27 bits per heavy atom. The number of urea groups is 1. The lowest BCUT2D eigenvalue weighted by molar-refractivity contribution is 0.0360. The van der Waals surface area contributed by atoms with Gasteiger partial charge in [-0.2, -0.15) is 0 Å². The Kier molecular flexibility index (Phi) is 3.34. The Hall–Kier alpha value is -3.09. The van der Waals surface area contributed by atoms with E-state index >= 15 is 0 Å². The second-order valence-electron chi connectivity index (χ2n) is 6.83. The molecular formula is C19H19N5O2. The van der Waals surface area contributed by atoms with Crippen LogP contribution in [0.3, 0.4) is 0 Å². The van der Waals surface area contributed by atoms with Crippen molar-refractivity contribution in [3.05, 3.63) is 54.4 Å². The van der Waals surface area contributed by atoms with Gasteiger partial charge >= 0.3 is 6.03 Å². The first kappa shape index (κ1) is 15.2. The minimum atomic E-state index is -0.268. The smallest absolute Gasteiger partial charge is 0.322 e. The summed E-state index contributed by atoms with van der Waals surface area (Å²) < 4.78 is 5.41. The van der Waals surface area contributed by atoms with Crippen LogP contribution in [0.25, 0.3) is 11.5 Å². The molecule has 7 heteroatoms. The Bertz CT molecular complexity index is 943. The summed E-state index contributed by atoms with van der Waals surface area (Å²) in [7, 11) is 0. The summed E-state index contributed by atoms with van der Waals surface area (Å²) in [4.78, 5) is 27.1. The largest absolute Gasteiger partial charge is 0.444 e. The molecular weight excluding hydrogens is 330 g/mol. The van der Waals surface area contributed by atoms with Gasteiger partial charge in [0.25, 0.3) is 0 Å². The molecule has 1 saturated carbocycles. The fraction of sp³-hybridized carbons (Fsp3) is 0.316. The van der Waals surface area contributed by atoms with Gasteiger partial charge in [-0.3, -0.25) is 0 Å². The standard InChI is InChI=1S/C19H19N5O2/c25-18(23-14-5-2-1-4-13(14)17-20-9-11-26-17)24-10-6-15-16(22-12-21-15)19(24)7-3-8-19/h1-2,4-5,9,11-12H,3,6-8,10H2,(H,21,22)(H,23,25). The predicted molar refractivity (Wildman–Crippen MR) is 95.5 cm³/mol. The number of hydrogen-bond acceptors (Lipinski definition) is 4. The molecule has 1 spiro atoms. The molecule has 1 aliphatic carbocycles. The number of fused-ring (bicyclic) bond motifs is 2. The first-order chi connectivity index (χ1) is 12.8. The molecule has 0 radical (unpaired) electrons. The maximum absolute atomic E-state index is 13.2. The van der Waals surface area contributed by atoms with Crippen molar-refractivity contribution in [3.8, 4) is 11.5 Å². The van der Waals surface area contributed by atoms with Gasteiger partial charge < -0.3 is 19.6 Å². The van der Waals surface area contributed by atoms with Crippen LogP contribution >= 0.6 is 0 Å². The van der Waals surface area contributed by atoms with Gasteiger partial charge in [0.05, 0.1) is 35.0 Å². The molecule has 2 aromatic heterocycles. The quantitative estimate of drug-likeness (QED) is 0.741. The van der Waals surface area contributed by atoms with E-state index in [0.717, 1.165) is 42.6 Å². The zero-order valence-electron chi connectivity index (χ0n) is 14.2. The Labute approximate surface area is 150 Å². The molecule has 1 fully saturated rings. The highest BCUT2D eigenvalue weighted by Crippen LogP contribution is 2.49. The molecule has 7 nitrogen and oxygen atoms in total. The number of nitrogens with one attached hydrogen (secondary N) is 2. The molecule has 0 bridgehead atoms. The molecule has 0 atom stereocenters. The lowest BCUT2D eigenvalue weighted by atomic mass is 9.70. The van der Waals surface area contributed by atoms with Crippen molar-refractivity contribution in [1.29, 1.82) is 0 Å². The van der Waals surface area contributed by atoms with Crippen LogP contribution < -0.4 is 5.32 Å². The van der Waals surface area contributed by atoms with Gasteiger partial charge in [0.1, 0.15) is 6.26 Å². The van der Waals surface area contributed by atoms with E-state index in [-0.39, 0.29) is 11.6 Å². The third-order valence-electron chi connectivity index (χ3n) is 5.52. The summed E-state index contributed by atoms with van der Waals surface area (Å²) in [6.07, 6.45) is 8.69. The Balaban J connectivity index is 1.45. The summed E-state index contributed by atoms with van der Waals surface area (Å²) in [6, 6.07) is 7.46. The molecule has 26 heavy (non-hydrogen) atoms. The van der Waals surface area contributed by atoms with E-state index in [9.17, 15) is 4.79 Å². The molecule has 0 saturated heterocycles. The number of H-pyrrole nitrogens is 1. The van der Waals surface area contributed by atoms with E-state index in [4.69, 9.17) is 4.42 Å². The van der Waals surface area contributed by atoms with E-state index in [1.54, 1.807) is 12.5 Å². The molecule has 1 aromatic carbocycles. The number of nitrogens with zero attached hydrogens (tertiary/aromatic N) is 3. The predicted octanol–water partition coefficient (Wildman–Crippen LogP) is 3.53. The van der Waals surface area contributed by atoms with Gasteiger partial charge in [-0.05, 0) is 31.4 Å². The third-order valence-corrected chi connectivity index (χ3v) is 5.52. The first-order valence-electron chi connectivity index (χ1n) is 8.88. The lowest BCUT2D eigenvalue weighted by Gasteiger charge is -2.51. The number of aromatic nitrogens is 3. The number of benzene rings is 1. The first-order valence-corrected chi connectivity index (χ1v) is 8.88. The van der Waals surface area contributed by atoms with E-state index < -0.39 is 0 Å². The highest BCUT2D eigenvalue weighted by Gasteiger charge is 2.51. The fourth-order valence-corrected chi connectivity index (χ4v) is 4.11. The average molecular weight is 349 g/mol. The van der Waals surface area contributed by atoms with Gasteiger partial charge in [-0.15, -0.1) is 0 Å². The number of oxazole rings is 1. The van der Waals surface area contributed by atoms with Crippen LogP contribution in [-0.2, 0) is 12.0 Å². The number of amides is 2. The van der Waals surface area contributed by atoms with Crippen LogP contribution in [0.15, 0.2) is 47.5 Å². The maximum atomic E-state index is 13.2. The minimum absolute atomic E-state index is 0.0997. The van der Waals surface area contributed by atoms with Gasteiger partial charge in [-0.25, -0.2) is 14.8 Å². The molecule has 0 unspecified atom stereocenters. The molecule has 2 aliphatic rings. The van der Waals surface area contributed by atoms with Gasteiger partial charge in [0.15, 0.2) is 0 Å². The van der Waals surface area contributed by atoms with Crippen molar-refractivity contribution in [2.24, 2.45) is 0 Å². The van der Waals surface area contributed by atoms with Crippen LogP contribution in [-0.4, -0.2) is 32.4 Å². The van der Waals surface area contributed by atoms with Crippen molar-refractivity contribution >= 4 is 11.7 Å². The van der Waals surface area contributed by atoms with Crippen LogP contribution in [0.1, 0.15) is 30.7 Å². The molecule has 5 rings (SSSR count). The lowest BCUT2D eigenvalue weighted by Crippen LogP contribution is -2.58. The van der Waals surface area contributed by atoms with Crippen LogP contribution in [0.4, 0.5) is 10.5 Å². The van der Waals surface area contributed by atoms with Crippen molar-refractivity contribution < 1.29 is 9.21 Å². The molecule has 3 heterocycles. The second-order valence-corrected chi connectivity index (χ2v) is 6.83. The summed E-state index contributed by atoms with van der Waals surface area (Å²) in [5.74, 6) is 0.493. The highest BCUT2D eigenvalue weighted by molar-refractivity contribution is 5.94. The second kappa shape index (κ2) is 5.72. The topological polar surface area (TPSA) is 87.0 Å². The van der Waals surface area contributed by atoms with Crippen LogP contribution in [0.2, 0.25) is 0 Å². The molecule has 132 valence electrons. The zero-order valence-corrected chi connectivity index (χ0v) is 14.2. The highest BCUT2D eigenvalue weighted by atomic mass is 16.3. The number of aromatic amines is 1. The molecule has 2 amide bonds. The number of carbonyl (C=O) groups is 1. The van der Waals surface area contributed by atoms with Crippen molar-refractivity contribution in [2.75, 3.05) is 11.9 Å². The number of anilines is 1. The van der Waals surface area contributed by atoms with E-state index in [1.165, 1.54) is 6.26 Å². The maximum Gasteiger partial charge on any atom is 0.322 e. The van der Waals surface area contributed by atoms with Crippen LogP contribution in [0.5, 0.6) is 0 Å². The normalized spacial score (nSPS) is 17.6. The molecule has 3 aromatic rings. The van der Waals surface area contributed by atoms with Gasteiger partial charge in [0, 0.05) is 18.7 Å². The number of imidazole rings is 1. The number of carbonyl (C=O) groups excluding carboxylic acids is 1. The summed E-state index contributed by atoms with van der Waals surface area (Å²) in [5, 5.41) is 3.06. The van der Waals surface area contributed by atoms with Crippen molar-refractivity contribution in [2.45, 2.75) is 31.2 Å². The minimum Gasteiger partial charge on any atom is -0.444 e. The van der Waals surface area contributed by atoms with E-state index in [0.29, 0.717) is 18.1 Å². The van der Waals surface area contributed by atoms with Crippen molar-refractivity contribution in [1.82, 2.24) is 19.9 Å². The molecule has 1 aliphatic heterocycles. The summed E-state index contributed by atoms with van der Waals surface area (Å²) in [6.45, 7) is 0.683. The monoisotopic (exact) mass is 349 g/mol. The Morgan fingerprint density at radius 3 is 2.92 bits per heavy atom. The summed E-state index contributed by atoms with van der Waals surface area (Å²) >= 11 is 0. The third kappa shape index (κ3) is 2.16. The summed E-state index contributed by atoms with van der Waals surface area (Å²) in [5.41, 5.74) is 3.39. The van der Waals surface area contributed by atoms with Gasteiger partial charge in [0.2, 0.25) is 5.89 Å². The number of rotatable bonds is 2. The number of hydrogen-bond donors (Lipinski definition) is 2. The SMILES string of the molecule is O=C(Nc1ccccc1-c1ncco1)N1CCc2[nH]cnc2C12CCC2. The van der Waals surface area contributed by atoms with Crippen molar-refractivity contribution in [3.63, 3.8) is 0 Å². The average Bonchev–Trinajstić information content (AvgIpc) is 3.31. The van der Waals surface area contributed by atoms with Gasteiger partial charge in [-0.1, -0.05) is 12.1 Å². The Morgan fingerprint density at radius 2 is 2.15 bits per heavy atom. The molecule has 2 N–H and O–H groups in total. The van der Waals surface area contributed by atoms with Crippen LogP contribution in [0, 0.1) is 0 Å². The fourth-order valence-electron chi connectivity index (χ4n) is 4.11.